The van der Waals surface area contributed by atoms with Crippen LogP contribution in [-0.4, -0.2) is 27.9 Å². The molecule has 132 valence electrons. The molecule has 7 nitrogen and oxygen atoms in total. The molecule has 4 rings (SSSR count). The molecule has 1 amide bonds. The van der Waals surface area contributed by atoms with E-state index in [1.54, 1.807) is 0 Å². The number of carboxylic acid groups (broad SMARTS) is 1. The molecule has 0 aliphatic heterocycles. The van der Waals surface area contributed by atoms with Gasteiger partial charge in [-0.1, -0.05) is 24.3 Å². The predicted molar refractivity (Wildman–Crippen MR) is 92.3 cm³/mol. The first kappa shape index (κ1) is 16.3. The third-order valence-electron chi connectivity index (χ3n) is 5.27. The van der Waals surface area contributed by atoms with E-state index in [0.29, 0.717) is 5.92 Å². The van der Waals surface area contributed by atoms with Gasteiger partial charge in [-0.25, -0.2) is 4.79 Å². The fraction of sp³-hybridized carbons (Fsp3) is 0.263. The first-order valence-corrected chi connectivity index (χ1v) is 8.37. The smallest absolute Gasteiger partial charge is 0.335 e. The molecule has 2 aromatic carbocycles. The second-order valence-electron chi connectivity index (χ2n) is 6.76. The van der Waals surface area contributed by atoms with Crippen molar-refractivity contribution in [1.82, 2.24) is 5.32 Å². The zero-order valence-corrected chi connectivity index (χ0v) is 13.7. The van der Waals surface area contributed by atoms with E-state index in [0.717, 1.165) is 25.0 Å². The summed E-state index contributed by atoms with van der Waals surface area (Å²) in [6.07, 6.45) is 1.96. The Morgan fingerprint density at radius 2 is 1.88 bits per heavy atom. The van der Waals surface area contributed by atoms with Crippen molar-refractivity contribution < 1.29 is 19.6 Å². The van der Waals surface area contributed by atoms with Gasteiger partial charge in [0.15, 0.2) is 0 Å². The van der Waals surface area contributed by atoms with Crippen molar-refractivity contribution >= 4 is 17.6 Å². The Hall–Kier alpha value is -3.22. The molecular formula is C19H16N2O5. The van der Waals surface area contributed by atoms with Crippen LogP contribution in [0.1, 0.15) is 44.2 Å². The van der Waals surface area contributed by atoms with Gasteiger partial charge >= 0.3 is 5.97 Å². The SMILES string of the molecule is O=C(O)c1cc(C(=O)NC2C3CCc4ccccc4C32)cc([N+](=O)[O-])c1. The number of benzene rings is 2. The van der Waals surface area contributed by atoms with E-state index in [-0.39, 0.29) is 23.1 Å². The Balaban J connectivity index is 1.57. The van der Waals surface area contributed by atoms with Gasteiger partial charge in [-0.3, -0.25) is 14.9 Å². The van der Waals surface area contributed by atoms with Crippen LogP contribution in [0, 0.1) is 16.0 Å². The maximum Gasteiger partial charge on any atom is 0.335 e. The van der Waals surface area contributed by atoms with Crippen molar-refractivity contribution in [1.29, 1.82) is 0 Å². The molecule has 1 saturated carbocycles. The summed E-state index contributed by atoms with van der Waals surface area (Å²) in [5.41, 5.74) is 1.86. The van der Waals surface area contributed by atoms with Crippen LogP contribution in [0.5, 0.6) is 0 Å². The zero-order chi connectivity index (χ0) is 18.4. The van der Waals surface area contributed by atoms with E-state index in [1.165, 1.54) is 17.2 Å². The molecule has 0 saturated heterocycles. The monoisotopic (exact) mass is 352 g/mol. The van der Waals surface area contributed by atoms with Crippen molar-refractivity contribution in [3.05, 3.63) is 74.8 Å². The zero-order valence-electron chi connectivity index (χ0n) is 13.7. The maximum absolute atomic E-state index is 12.6. The van der Waals surface area contributed by atoms with Crippen LogP contribution in [0.15, 0.2) is 42.5 Å². The van der Waals surface area contributed by atoms with Gasteiger partial charge in [0.2, 0.25) is 0 Å². The van der Waals surface area contributed by atoms with Crippen LogP contribution >= 0.6 is 0 Å². The molecule has 2 N–H and O–H groups in total. The Bertz CT molecular complexity index is 907. The lowest BCUT2D eigenvalue weighted by Crippen LogP contribution is -2.27. The van der Waals surface area contributed by atoms with Crippen molar-refractivity contribution in [3.8, 4) is 0 Å². The second kappa shape index (κ2) is 5.94. The van der Waals surface area contributed by atoms with Crippen LogP contribution in [0.4, 0.5) is 5.69 Å². The van der Waals surface area contributed by atoms with Crippen molar-refractivity contribution in [2.45, 2.75) is 24.8 Å². The highest BCUT2D eigenvalue weighted by atomic mass is 16.6. The lowest BCUT2D eigenvalue weighted by molar-refractivity contribution is -0.384. The van der Waals surface area contributed by atoms with Crippen LogP contribution in [0.25, 0.3) is 0 Å². The normalized spacial score (nSPS) is 22.7. The number of aryl methyl sites for hydroxylation is 1. The number of carboxylic acids is 1. The van der Waals surface area contributed by atoms with Crippen LogP contribution in [-0.2, 0) is 6.42 Å². The van der Waals surface area contributed by atoms with Gasteiger partial charge < -0.3 is 10.4 Å². The third-order valence-corrected chi connectivity index (χ3v) is 5.27. The Labute approximate surface area is 148 Å². The number of aromatic carboxylic acids is 1. The number of rotatable bonds is 4. The summed E-state index contributed by atoms with van der Waals surface area (Å²) in [5, 5.41) is 23.1. The molecule has 26 heavy (non-hydrogen) atoms. The van der Waals surface area contributed by atoms with E-state index in [2.05, 4.69) is 17.4 Å². The highest BCUT2D eigenvalue weighted by Gasteiger charge is 2.53. The summed E-state index contributed by atoms with van der Waals surface area (Å²) in [4.78, 5) is 34.1. The number of nitro benzene ring substituents is 1. The van der Waals surface area contributed by atoms with Crippen LogP contribution in [0.3, 0.4) is 0 Å². The molecule has 1 fully saturated rings. The lowest BCUT2D eigenvalue weighted by atomic mass is 9.92. The quantitative estimate of drug-likeness (QED) is 0.649. The van der Waals surface area contributed by atoms with Crippen molar-refractivity contribution in [2.24, 2.45) is 5.92 Å². The Morgan fingerprint density at radius 1 is 1.15 bits per heavy atom. The van der Waals surface area contributed by atoms with Crippen LogP contribution < -0.4 is 5.32 Å². The summed E-state index contributed by atoms with van der Waals surface area (Å²) in [6.45, 7) is 0. The summed E-state index contributed by atoms with van der Waals surface area (Å²) in [5.74, 6) is -1.15. The minimum absolute atomic E-state index is 0.00599. The Morgan fingerprint density at radius 3 is 2.62 bits per heavy atom. The largest absolute Gasteiger partial charge is 0.478 e. The van der Waals surface area contributed by atoms with Gasteiger partial charge in [0, 0.05) is 29.7 Å². The molecule has 3 atom stereocenters. The molecule has 3 unspecified atom stereocenters. The topological polar surface area (TPSA) is 110 Å². The average molecular weight is 352 g/mol. The first-order chi connectivity index (χ1) is 12.5. The number of carbonyl (C=O) groups excluding carboxylic acids is 1. The molecule has 0 aromatic heterocycles. The summed E-state index contributed by atoms with van der Waals surface area (Å²) >= 11 is 0. The summed E-state index contributed by atoms with van der Waals surface area (Å²) in [6, 6.07) is 11.4. The lowest BCUT2D eigenvalue weighted by Gasteiger charge is -2.13. The second-order valence-corrected chi connectivity index (χ2v) is 6.76. The van der Waals surface area contributed by atoms with Gasteiger partial charge in [-0.2, -0.15) is 0 Å². The molecule has 0 radical (unpaired) electrons. The molecule has 2 aliphatic rings. The van der Waals surface area contributed by atoms with Crippen molar-refractivity contribution in [3.63, 3.8) is 0 Å². The van der Waals surface area contributed by atoms with Gasteiger partial charge in [0.05, 0.1) is 10.5 Å². The minimum atomic E-state index is -1.31. The number of carbonyl (C=O) groups is 2. The highest BCUT2D eigenvalue weighted by Crippen LogP contribution is 2.54. The van der Waals surface area contributed by atoms with Gasteiger partial charge in [0.25, 0.3) is 11.6 Å². The molecule has 7 heteroatoms. The van der Waals surface area contributed by atoms with Crippen molar-refractivity contribution in [2.75, 3.05) is 0 Å². The number of nitro groups is 1. The third kappa shape index (κ3) is 2.71. The Kier molecular flexibility index (Phi) is 3.72. The van der Waals surface area contributed by atoms with E-state index in [9.17, 15) is 19.7 Å². The molecule has 0 bridgehead atoms. The minimum Gasteiger partial charge on any atom is -0.478 e. The average Bonchev–Trinajstić information content (AvgIpc) is 3.34. The molecule has 2 aromatic rings. The number of non-ortho nitro benzene ring substituents is 1. The first-order valence-electron chi connectivity index (χ1n) is 8.37. The number of amides is 1. The predicted octanol–water partition coefficient (Wildman–Crippen LogP) is 2.75. The standard InChI is InChI=1S/C19H16N2O5/c22-18(11-7-12(19(23)24)9-13(8-11)21(25)26)20-17-15-6-5-10-3-1-2-4-14(10)16(15)17/h1-4,7-9,15-17H,5-6H2,(H,20,22)(H,23,24). The number of hydrogen-bond acceptors (Lipinski definition) is 4. The maximum atomic E-state index is 12.6. The molecule has 2 aliphatic carbocycles. The number of fused-ring (bicyclic) bond motifs is 3. The summed E-state index contributed by atoms with van der Waals surface area (Å²) in [7, 11) is 0. The van der Waals surface area contributed by atoms with E-state index < -0.39 is 22.5 Å². The van der Waals surface area contributed by atoms with E-state index in [1.807, 2.05) is 12.1 Å². The highest BCUT2D eigenvalue weighted by molar-refractivity contribution is 5.98. The van der Waals surface area contributed by atoms with Gasteiger partial charge in [0.1, 0.15) is 0 Å². The summed E-state index contributed by atoms with van der Waals surface area (Å²) < 4.78 is 0. The molecular weight excluding hydrogens is 336 g/mol. The number of nitrogens with zero attached hydrogens (tertiary/aromatic N) is 1. The van der Waals surface area contributed by atoms with Crippen LogP contribution in [0.2, 0.25) is 0 Å². The van der Waals surface area contributed by atoms with E-state index >= 15 is 0 Å². The fourth-order valence-electron chi connectivity index (χ4n) is 3.97. The molecule has 0 heterocycles. The van der Waals surface area contributed by atoms with Gasteiger partial charge in [-0.15, -0.1) is 0 Å². The fourth-order valence-corrected chi connectivity index (χ4v) is 3.97. The number of hydrogen-bond donors (Lipinski definition) is 2. The van der Waals surface area contributed by atoms with Gasteiger partial charge in [-0.05, 0) is 36.0 Å². The van der Waals surface area contributed by atoms with E-state index in [4.69, 9.17) is 5.11 Å². The molecule has 0 spiro atoms. The number of nitrogens with one attached hydrogen (secondary N) is 1.